The molecular formula is C34H35NO3. The molecule has 0 aliphatic carbocycles. The SMILES string of the molecule is CC(C)(C)c1ccc(CCC(O)c2ccccc2)cc1NC(=O)CC1c2ccccc2Oc2ccccc21. The molecule has 0 bridgehead atoms. The molecule has 0 radical (unpaired) electrons. The van der Waals surface area contributed by atoms with Crippen molar-refractivity contribution in [3.8, 4) is 11.5 Å². The summed E-state index contributed by atoms with van der Waals surface area (Å²) < 4.78 is 6.11. The van der Waals surface area contributed by atoms with E-state index in [1.54, 1.807) is 0 Å². The van der Waals surface area contributed by atoms with Crippen molar-refractivity contribution in [3.63, 3.8) is 0 Å². The van der Waals surface area contributed by atoms with Gasteiger partial charge in [0.25, 0.3) is 0 Å². The zero-order chi connectivity index (χ0) is 26.7. The number of hydrogen-bond donors (Lipinski definition) is 2. The Labute approximate surface area is 225 Å². The molecule has 1 heterocycles. The lowest BCUT2D eigenvalue weighted by atomic mass is 9.84. The van der Waals surface area contributed by atoms with Gasteiger partial charge in [-0.2, -0.15) is 0 Å². The summed E-state index contributed by atoms with van der Waals surface area (Å²) in [6, 6.07) is 31.9. The topological polar surface area (TPSA) is 58.6 Å². The lowest BCUT2D eigenvalue weighted by Gasteiger charge is -2.28. The maximum atomic E-state index is 13.5. The van der Waals surface area contributed by atoms with Gasteiger partial charge in [0.15, 0.2) is 0 Å². The molecule has 4 aromatic carbocycles. The van der Waals surface area contributed by atoms with Crippen LogP contribution in [0, 0.1) is 0 Å². The van der Waals surface area contributed by atoms with Crippen molar-refractivity contribution >= 4 is 11.6 Å². The number of amides is 1. The first-order chi connectivity index (χ1) is 18.3. The number of fused-ring (bicyclic) bond motifs is 2. The number of ether oxygens (including phenoxy) is 1. The van der Waals surface area contributed by atoms with Crippen LogP contribution in [-0.4, -0.2) is 11.0 Å². The Kier molecular flexibility index (Phi) is 7.35. The second-order valence-electron chi connectivity index (χ2n) is 11.1. The predicted octanol–water partition coefficient (Wildman–Crippen LogP) is 7.92. The zero-order valence-corrected chi connectivity index (χ0v) is 22.3. The van der Waals surface area contributed by atoms with E-state index >= 15 is 0 Å². The largest absolute Gasteiger partial charge is 0.457 e. The van der Waals surface area contributed by atoms with Crippen LogP contribution in [0.3, 0.4) is 0 Å². The van der Waals surface area contributed by atoms with Crippen LogP contribution in [0.4, 0.5) is 5.69 Å². The van der Waals surface area contributed by atoms with Crippen LogP contribution in [0.1, 0.15) is 73.5 Å². The van der Waals surface area contributed by atoms with Crippen molar-refractivity contribution in [2.75, 3.05) is 5.32 Å². The molecule has 1 unspecified atom stereocenters. The minimum atomic E-state index is -0.523. The van der Waals surface area contributed by atoms with Crippen LogP contribution in [0.25, 0.3) is 0 Å². The van der Waals surface area contributed by atoms with Crippen molar-refractivity contribution in [1.29, 1.82) is 0 Å². The number of para-hydroxylation sites is 2. The molecule has 0 spiro atoms. The summed E-state index contributed by atoms with van der Waals surface area (Å²) in [6.45, 7) is 6.46. The number of rotatable bonds is 7. The number of aliphatic hydroxyl groups is 1. The highest BCUT2D eigenvalue weighted by atomic mass is 16.5. The maximum Gasteiger partial charge on any atom is 0.225 e. The first-order valence-corrected chi connectivity index (χ1v) is 13.3. The molecule has 0 saturated carbocycles. The van der Waals surface area contributed by atoms with Crippen molar-refractivity contribution < 1.29 is 14.6 Å². The monoisotopic (exact) mass is 505 g/mol. The van der Waals surface area contributed by atoms with Gasteiger partial charge in [-0.05, 0) is 53.1 Å². The van der Waals surface area contributed by atoms with Gasteiger partial charge in [0, 0.05) is 29.2 Å². The fourth-order valence-corrected chi connectivity index (χ4v) is 5.26. The molecule has 194 valence electrons. The minimum Gasteiger partial charge on any atom is -0.457 e. The molecule has 4 nitrogen and oxygen atoms in total. The van der Waals surface area contributed by atoms with E-state index in [-0.39, 0.29) is 17.2 Å². The lowest BCUT2D eigenvalue weighted by molar-refractivity contribution is -0.116. The summed E-state index contributed by atoms with van der Waals surface area (Å²) in [5, 5.41) is 13.9. The molecule has 4 aromatic rings. The molecule has 1 atom stereocenters. The highest BCUT2D eigenvalue weighted by Crippen LogP contribution is 2.45. The molecule has 0 saturated heterocycles. The highest BCUT2D eigenvalue weighted by molar-refractivity contribution is 5.93. The third-order valence-electron chi connectivity index (χ3n) is 7.26. The predicted molar refractivity (Wildman–Crippen MR) is 153 cm³/mol. The normalized spacial score (nSPS) is 13.7. The number of aryl methyl sites for hydroxylation is 1. The van der Waals surface area contributed by atoms with Crippen molar-refractivity contribution in [3.05, 3.63) is 125 Å². The van der Waals surface area contributed by atoms with E-state index < -0.39 is 6.10 Å². The van der Waals surface area contributed by atoms with Gasteiger partial charge in [-0.3, -0.25) is 4.79 Å². The Morgan fingerprint density at radius 3 is 2.11 bits per heavy atom. The first kappa shape index (κ1) is 25.7. The fourth-order valence-electron chi connectivity index (χ4n) is 5.26. The van der Waals surface area contributed by atoms with Gasteiger partial charge < -0.3 is 15.2 Å². The van der Waals surface area contributed by atoms with Crippen molar-refractivity contribution in [2.24, 2.45) is 0 Å². The number of hydrogen-bond acceptors (Lipinski definition) is 3. The number of nitrogens with one attached hydrogen (secondary N) is 1. The number of carbonyl (C=O) groups excluding carboxylic acids is 1. The van der Waals surface area contributed by atoms with Gasteiger partial charge in [0.2, 0.25) is 5.91 Å². The Morgan fingerprint density at radius 2 is 1.47 bits per heavy atom. The summed E-state index contributed by atoms with van der Waals surface area (Å²) in [6.07, 6.45) is 1.12. The first-order valence-electron chi connectivity index (χ1n) is 13.3. The van der Waals surface area contributed by atoms with E-state index in [1.165, 1.54) is 0 Å². The summed E-state index contributed by atoms with van der Waals surface area (Å²) in [5.41, 5.74) is 5.85. The van der Waals surface area contributed by atoms with Gasteiger partial charge in [-0.25, -0.2) is 0 Å². The van der Waals surface area contributed by atoms with Crippen molar-refractivity contribution in [2.45, 2.75) is 57.5 Å². The second kappa shape index (κ2) is 10.8. The van der Waals surface area contributed by atoms with E-state index in [1.807, 2.05) is 78.9 Å². The van der Waals surface area contributed by atoms with Gasteiger partial charge >= 0.3 is 0 Å². The quantitative estimate of drug-likeness (QED) is 0.268. The average molecular weight is 506 g/mol. The van der Waals surface area contributed by atoms with E-state index in [4.69, 9.17) is 4.74 Å². The Balaban J connectivity index is 1.37. The van der Waals surface area contributed by atoms with Crippen LogP contribution < -0.4 is 10.1 Å². The van der Waals surface area contributed by atoms with E-state index in [9.17, 15) is 9.90 Å². The molecule has 2 N–H and O–H groups in total. The van der Waals surface area contributed by atoms with Gasteiger partial charge in [0.05, 0.1) is 6.10 Å². The molecule has 0 fully saturated rings. The van der Waals surface area contributed by atoms with Crippen LogP contribution >= 0.6 is 0 Å². The summed E-state index contributed by atoms with van der Waals surface area (Å²) in [7, 11) is 0. The smallest absolute Gasteiger partial charge is 0.225 e. The van der Waals surface area contributed by atoms with Crippen LogP contribution in [0.15, 0.2) is 97.1 Å². The molecule has 1 aliphatic heterocycles. The molecule has 0 aromatic heterocycles. The molecule has 1 amide bonds. The van der Waals surface area contributed by atoms with E-state index in [2.05, 4.69) is 44.3 Å². The van der Waals surface area contributed by atoms with E-state index in [0.717, 1.165) is 45.0 Å². The molecular weight excluding hydrogens is 470 g/mol. The lowest BCUT2D eigenvalue weighted by Crippen LogP contribution is -2.22. The highest BCUT2D eigenvalue weighted by Gasteiger charge is 2.29. The summed E-state index contributed by atoms with van der Waals surface area (Å²) in [5.74, 6) is 1.49. The molecule has 38 heavy (non-hydrogen) atoms. The molecule has 5 rings (SSSR count). The van der Waals surface area contributed by atoms with Crippen molar-refractivity contribution in [1.82, 2.24) is 0 Å². The Morgan fingerprint density at radius 1 is 0.868 bits per heavy atom. The van der Waals surface area contributed by atoms with Gasteiger partial charge in [-0.1, -0.05) is 99.6 Å². The Hall–Kier alpha value is -3.89. The Bertz CT molecular complexity index is 1380. The van der Waals surface area contributed by atoms with Crippen LogP contribution in [0.5, 0.6) is 11.5 Å². The van der Waals surface area contributed by atoms with E-state index in [0.29, 0.717) is 19.3 Å². The summed E-state index contributed by atoms with van der Waals surface area (Å²) in [4.78, 5) is 13.5. The fraction of sp³-hybridized carbons (Fsp3) is 0.265. The molecule has 4 heteroatoms. The average Bonchev–Trinajstić information content (AvgIpc) is 2.91. The minimum absolute atomic E-state index is 0.0338. The second-order valence-corrected chi connectivity index (χ2v) is 11.1. The standard InChI is InChI=1S/C34H35NO3/c1-34(2,3)28-19-17-23(18-20-30(36)24-11-5-4-6-12-24)21-29(28)35-33(37)22-27-25-13-7-9-15-31(25)38-32-16-10-8-14-26(27)32/h4-17,19,21,27,30,36H,18,20,22H2,1-3H3,(H,35,37). The third-order valence-corrected chi connectivity index (χ3v) is 7.26. The zero-order valence-electron chi connectivity index (χ0n) is 22.3. The number of benzene rings is 4. The molecule has 1 aliphatic rings. The third kappa shape index (κ3) is 5.66. The maximum absolute atomic E-state index is 13.5. The van der Waals surface area contributed by atoms with Gasteiger partial charge in [0.1, 0.15) is 11.5 Å². The number of anilines is 1. The van der Waals surface area contributed by atoms with Gasteiger partial charge in [-0.15, -0.1) is 0 Å². The number of carbonyl (C=O) groups is 1. The van der Waals surface area contributed by atoms with Crippen LogP contribution in [-0.2, 0) is 16.6 Å². The summed E-state index contributed by atoms with van der Waals surface area (Å²) >= 11 is 0. The van der Waals surface area contributed by atoms with Crippen LogP contribution in [0.2, 0.25) is 0 Å². The number of aliphatic hydroxyl groups excluding tert-OH is 1.